The van der Waals surface area contributed by atoms with Gasteiger partial charge in [0, 0.05) is 58.5 Å². The highest BCUT2D eigenvalue weighted by Gasteiger charge is 2.45. The predicted molar refractivity (Wildman–Crippen MR) is 121 cm³/mol. The molecule has 2 heterocycles. The molecule has 7 heteroatoms. The highest BCUT2D eigenvalue weighted by molar-refractivity contribution is 9.10. The van der Waals surface area contributed by atoms with Crippen molar-refractivity contribution in [1.82, 2.24) is 15.2 Å². The van der Waals surface area contributed by atoms with Crippen LogP contribution in [0, 0.1) is 23.2 Å². The van der Waals surface area contributed by atoms with Gasteiger partial charge in [-0.05, 0) is 49.8 Å². The summed E-state index contributed by atoms with van der Waals surface area (Å²) in [7, 11) is 0. The van der Waals surface area contributed by atoms with Crippen molar-refractivity contribution in [1.29, 1.82) is 5.26 Å². The lowest BCUT2D eigenvalue weighted by molar-refractivity contribution is -0.140. The summed E-state index contributed by atoms with van der Waals surface area (Å²) in [6.45, 7) is 1.34. The van der Waals surface area contributed by atoms with Gasteiger partial charge in [0.15, 0.2) is 0 Å². The van der Waals surface area contributed by atoms with Gasteiger partial charge in [0.05, 0.1) is 6.07 Å². The van der Waals surface area contributed by atoms with Gasteiger partial charge in [-0.2, -0.15) is 5.26 Å². The van der Waals surface area contributed by atoms with Crippen molar-refractivity contribution in [2.24, 2.45) is 11.8 Å². The van der Waals surface area contributed by atoms with Gasteiger partial charge < -0.3 is 15.2 Å². The molecule has 0 unspecified atom stereocenters. The Kier molecular flexibility index (Phi) is 5.29. The van der Waals surface area contributed by atoms with Crippen LogP contribution in [0.1, 0.15) is 56.2 Å². The number of hydrogen-bond donors (Lipinski definition) is 2. The molecule has 2 amide bonds. The number of H-pyrrole nitrogens is 1. The van der Waals surface area contributed by atoms with E-state index in [9.17, 15) is 14.9 Å². The number of fused-ring (bicyclic) bond motifs is 3. The molecule has 1 aliphatic heterocycles. The molecule has 5 rings (SSSR count). The number of benzene rings is 1. The van der Waals surface area contributed by atoms with Gasteiger partial charge in [-0.15, -0.1) is 0 Å². The van der Waals surface area contributed by atoms with E-state index in [1.807, 2.05) is 11.0 Å². The molecule has 2 saturated carbocycles. The number of aromatic nitrogens is 1. The molecule has 0 spiro atoms. The van der Waals surface area contributed by atoms with Crippen LogP contribution in [0.3, 0.4) is 0 Å². The Hall–Kier alpha value is -2.33. The van der Waals surface area contributed by atoms with Crippen LogP contribution in [0.4, 0.5) is 0 Å². The minimum absolute atomic E-state index is 0.0641. The quantitative estimate of drug-likeness (QED) is 0.684. The average Bonchev–Trinajstić information content (AvgIpc) is 3.45. The maximum Gasteiger partial charge on any atom is 0.226 e. The molecule has 2 N–H and O–H groups in total. The number of nitriles is 1. The van der Waals surface area contributed by atoms with E-state index in [-0.39, 0.29) is 23.7 Å². The van der Waals surface area contributed by atoms with E-state index in [2.05, 4.69) is 44.4 Å². The molecule has 3 aliphatic rings. The highest BCUT2D eigenvalue weighted by atomic mass is 79.9. The Labute approximate surface area is 190 Å². The number of carbonyl (C=O) groups excluding carboxylic acids is 2. The highest BCUT2D eigenvalue weighted by Crippen LogP contribution is 2.38. The monoisotopic (exact) mass is 482 g/mol. The zero-order chi connectivity index (χ0) is 21.6. The molecule has 6 nitrogen and oxygen atoms in total. The van der Waals surface area contributed by atoms with E-state index < -0.39 is 5.54 Å². The van der Waals surface area contributed by atoms with Gasteiger partial charge >= 0.3 is 0 Å². The number of halogens is 1. The molecule has 0 saturated heterocycles. The summed E-state index contributed by atoms with van der Waals surface area (Å²) >= 11 is 3.56. The van der Waals surface area contributed by atoms with Crippen LogP contribution in [-0.4, -0.2) is 33.8 Å². The lowest BCUT2D eigenvalue weighted by Crippen LogP contribution is -2.44. The van der Waals surface area contributed by atoms with E-state index in [0.29, 0.717) is 19.5 Å². The number of nitrogens with one attached hydrogen (secondary N) is 2. The number of rotatable bonds is 4. The maximum atomic E-state index is 13.6. The lowest BCUT2D eigenvalue weighted by atomic mass is 9.76. The molecule has 2 atom stereocenters. The largest absolute Gasteiger partial charge is 0.358 e. The molecule has 31 heavy (non-hydrogen) atoms. The summed E-state index contributed by atoms with van der Waals surface area (Å²) in [5.41, 5.74) is 2.91. The smallest absolute Gasteiger partial charge is 0.226 e. The fourth-order valence-electron chi connectivity index (χ4n) is 5.33. The minimum atomic E-state index is -0.641. The molecular formula is C24H27BrN4O2. The van der Waals surface area contributed by atoms with E-state index in [4.69, 9.17) is 0 Å². The standard InChI is InChI=1S/C24H27BrN4O2/c25-16-5-6-20-18(12-16)19-13-29(10-7-21(19)27-20)23(31)17-4-2-1-3-15(17)11-22(30)28-24(14-26)8-9-24/h5-6,12,15,17,27H,1-4,7-11,13H2,(H,28,30)/t15-,17-/m1/s1. The van der Waals surface area contributed by atoms with Crippen LogP contribution in [0.25, 0.3) is 10.9 Å². The predicted octanol–water partition coefficient (Wildman–Crippen LogP) is 4.18. The van der Waals surface area contributed by atoms with E-state index in [1.54, 1.807) is 0 Å². The van der Waals surface area contributed by atoms with E-state index in [0.717, 1.165) is 54.9 Å². The summed E-state index contributed by atoms with van der Waals surface area (Å²) in [4.78, 5) is 31.6. The summed E-state index contributed by atoms with van der Waals surface area (Å²) in [5, 5.41) is 13.3. The third kappa shape index (κ3) is 3.98. The second kappa shape index (κ2) is 7.98. The van der Waals surface area contributed by atoms with Crippen molar-refractivity contribution in [3.63, 3.8) is 0 Å². The number of aromatic amines is 1. The zero-order valence-corrected chi connectivity index (χ0v) is 19.1. The SMILES string of the molecule is N#CC1(NC(=O)C[C@H]2CCCC[C@H]2C(=O)N2CCc3[nH]c4ccc(Br)cc4c3C2)CC1. The molecular weight excluding hydrogens is 456 g/mol. The third-order valence-electron chi connectivity index (χ3n) is 7.27. The second-order valence-electron chi connectivity index (χ2n) is 9.38. The van der Waals surface area contributed by atoms with Crippen LogP contribution >= 0.6 is 15.9 Å². The van der Waals surface area contributed by atoms with Gasteiger partial charge in [0.25, 0.3) is 0 Å². The number of carbonyl (C=O) groups is 2. The number of nitrogens with zero attached hydrogens (tertiary/aromatic N) is 2. The van der Waals surface area contributed by atoms with Crippen LogP contribution in [-0.2, 0) is 22.6 Å². The van der Waals surface area contributed by atoms with Gasteiger partial charge in [0.2, 0.25) is 11.8 Å². The normalized spacial score (nSPS) is 24.3. The molecule has 2 fully saturated rings. The van der Waals surface area contributed by atoms with Crippen molar-refractivity contribution in [2.45, 2.75) is 63.5 Å². The first-order valence-corrected chi connectivity index (χ1v) is 12.1. The Morgan fingerprint density at radius 1 is 1.29 bits per heavy atom. The fraction of sp³-hybridized carbons (Fsp3) is 0.542. The van der Waals surface area contributed by atoms with Crippen LogP contribution < -0.4 is 5.32 Å². The lowest BCUT2D eigenvalue weighted by Gasteiger charge is -2.36. The molecule has 1 aromatic heterocycles. The Morgan fingerprint density at radius 3 is 2.87 bits per heavy atom. The van der Waals surface area contributed by atoms with Crippen molar-refractivity contribution >= 4 is 38.6 Å². The maximum absolute atomic E-state index is 13.6. The summed E-state index contributed by atoms with van der Waals surface area (Å²) in [5.74, 6) is 0.0737. The molecule has 2 aromatic rings. The first-order valence-electron chi connectivity index (χ1n) is 11.3. The first kappa shape index (κ1) is 20.6. The van der Waals surface area contributed by atoms with Crippen LogP contribution in [0.5, 0.6) is 0 Å². The van der Waals surface area contributed by atoms with Crippen LogP contribution in [0.2, 0.25) is 0 Å². The summed E-state index contributed by atoms with van der Waals surface area (Å²) in [6.07, 6.45) is 6.50. The van der Waals surface area contributed by atoms with Crippen molar-refractivity contribution in [3.05, 3.63) is 33.9 Å². The third-order valence-corrected chi connectivity index (χ3v) is 7.76. The molecule has 2 aliphatic carbocycles. The molecule has 0 radical (unpaired) electrons. The van der Waals surface area contributed by atoms with Gasteiger partial charge in [-0.1, -0.05) is 28.8 Å². The van der Waals surface area contributed by atoms with Gasteiger partial charge in [-0.25, -0.2) is 0 Å². The van der Waals surface area contributed by atoms with Crippen LogP contribution in [0.15, 0.2) is 22.7 Å². The Morgan fingerprint density at radius 2 is 2.10 bits per heavy atom. The molecule has 1 aromatic carbocycles. The average molecular weight is 483 g/mol. The Balaban J connectivity index is 1.30. The molecule has 0 bridgehead atoms. The Bertz CT molecular complexity index is 1080. The zero-order valence-electron chi connectivity index (χ0n) is 17.5. The first-order chi connectivity index (χ1) is 15.0. The summed E-state index contributed by atoms with van der Waals surface area (Å²) in [6, 6.07) is 8.45. The topological polar surface area (TPSA) is 89.0 Å². The second-order valence-corrected chi connectivity index (χ2v) is 10.3. The van der Waals surface area contributed by atoms with Crippen molar-refractivity contribution < 1.29 is 9.59 Å². The van der Waals surface area contributed by atoms with Crippen molar-refractivity contribution in [2.75, 3.05) is 6.54 Å². The molecule has 162 valence electrons. The summed E-state index contributed by atoms with van der Waals surface area (Å²) < 4.78 is 1.04. The van der Waals surface area contributed by atoms with Gasteiger partial charge in [-0.3, -0.25) is 9.59 Å². The van der Waals surface area contributed by atoms with Crippen molar-refractivity contribution in [3.8, 4) is 6.07 Å². The van der Waals surface area contributed by atoms with Gasteiger partial charge in [0.1, 0.15) is 5.54 Å². The fourth-order valence-corrected chi connectivity index (χ4v) is 5.69. The number of amides is 2. The van der Waals surface area contributed by atoms with E-state index >= 15 is 0 Å². The van der Waals surface area contributed by atoms with E-state index in [1.165, 1.54) is 16.6 Å². The minimum Gasteiger partial charge on any atom is -0.358 e. The number of hydrogen-bond acceptors (Lipinski definition) is 3.